The van der Waals surface area contributed by atoms with E-state index in [4.69, 9.17) is 0 Å². The molecule has 3 rings (SSSR count). The number of sulfonamides is 1. The second-order valence-electron chi connectivity index (χ2n) is 7.04. The van der Waals surface area contributed by atoms with Gasteiger partial charge in [-0.2, -0.15) is 9.41 Å². The summed E-state index contributed by atoms with van der Waals surface area (Å²) in [6.07, 6.45) is 4.62. The second kappa shape index (κ2) is 11.1. The Balaban J connectivity index is 1.78. The highest BCUT2D eigenvalue weighted by Gasteiger charge is 2.27. The SMILES string of the molecule is CC(=O)Nc1ccc(S(=O)(=O)N(CC(=O)N/N=C/c2ccncc2)Cc2ccccc2)cc1. The number of hydrogen-bond acceptors (Lipinski definition) is 6. The monoisotopic (exact) mass is 465 g/mol. The van der Waals surface area contributed by atoms with E-state index >= 15 is 0 Å². The Labute approximate surface area is 192 Å². The van der Waals surface area contributed by atoms with Crippen LogP contribution in [0.3, 0.4) is 0 Å². The highest BCUT2D eigenvalue weighted by molar-refractivity contribution is 7.89. The normalized spacial score (nSPS) is 11.5. The van der Waals surface area contributed by atoms with Gasteiger partial charge in [0.05, 0.1) is 17.7 Å². The number of hydrazone groups is 1. The molecule has 10 heteroatoms. The first kappa shape index (κ1) is 23.8. The zero-order chi connectivity index (χ0) is 23.7. The van der Waals surface area contributed by atoms with Crippen LogP contribution in [0.2, 0.25) is 0 Å². The average molecular weight is 466 g/mol. The minimum absolute atomic E-state index is 0.000574. The van der Waals surface area contributed by atoms with Crippen molar-refractivity contribution in [2.45, 2.75) is 18.4 Å². The third-order valence-corrected chi connectivity index (χ3v) is 6.25. The smallest absolute Gasteiger partial charge is 0.255 e. The van der Waals surface area contributed by atoms with Crippen molar-refractivity contribution in [3.8, 4) is 0 Å². The summed E-state index contributed by atoms with van der Waals surface area (Å²) in [5.41, 5.74) is 4.29. The molecule has 2 aromatic carbocycles. The van der Waals surface area contributed by atoms with Crippen molar-refractivity contribution in [3.05, 3.63) is 90.3 Å². The molecule has 0 saturated heterocycles. The van der Waals surface area contributed by atoms with E-state index in [0.717, 1.165) is 15.4 Å². The van der Waals surface area contributed by atoms with E-state index < -0.39 is 22.5 Å². The molecule has 0 aliphatic heterocycles. The van der Waals surface area contributed by atoms with Crippen LogP contribution in [0.5, 0.6) is 0 Å². The lowest BCUT2D eigenvalue weighted by atomic mass is 10.2. The topological polar surface area (TPSA) is 121 Å². The summed E-state index contributed by atoms with van der Waals surface area (Å²) in [6, 6.07) is 18.2. The van der Waals surface area contributed by atoms with Crippen LogP contribution < -0.4 is 10.7 Å². The van der Waals surface area contributed by atoms with Gasteiger partial charge in [-0.05, 0) is 47.5 Å². The summed E-state index contributed by atoms with van der Waals surface area (Å²) in [5, 5.41) is 6.47. The van der Waals surface area contributed by atoms with E-state index in [0.29, 0.717) is 5.69 Å². The van der Waals surface area contributed by atoms with Crippen molar-refractivity contribution in [1.29, 1.82) is 0 Å². The second-order valence-corrected chi connectivity index (χ2v) is 8.98. The first-order valence-electron chi connectivity index (χ1n) is 9.98. The number of rotatable bonds is 9. The van der Waals surface area contributed by atoms with E-state index in [9.17, 15) is 18.0 Å². The fourth-order valence-corrected chi connectivity index (χ4v) is 4.28. The van der Waals surface area contributed by atoms with Gasteiger partial charge in [-0.1, -0.05) is 30.3 Å². The molecule has 170 valence electrons. The van der Waals surface area contributed by atoms with Crippen LogP contribution in [0.25, 0.3) is 0 Å². The highest BCUT2D eigenvalue weighted by Crippen LogP contribution is 2.20. The molecule has 0 bridgehead atoms. The molecule has 0 atom stereocenters. The minimum Gasteiger partial charge on any atom is -0.326 e. The molecule has 1 heterocycles. The van der Waals surface area contributed by atoms with Gasteiger partial charge in [0.15, 0.2) is 0 Å². The predicted octanol–water partition coefficient (Wildman–Crippen LogP) is 2.38. The molecule has 0 unspecified atom stereocenters. The molecule has 0 fully saturated rings. The van der Waals surface area contributed by atoms with Crippen molar-refractivity contribution >= 4 is 33.7 Å². The lowest BCUT2D eigenvalue weighted by molar-refractivity contribution is -0.121. The average Bonchev–Trinajstić information content (AvgIpc) is 2.80. The third-order valence-electron chi connectivity index (χ3n) is 4.44. The molecule has 0 aliphatic carbocycles. The number of hydrogen-bond donors (Lipinski definition) is 2. The van der Waals surface area contributed by atoms with Gasteiger partial charge in [-0.15, -0.1) is 0 Å². The summed E-state index contributed by atoms with van der Waals surface area (Å²) >= 11 is 0. The molecular weight excluding hydrogens is 442 g/mol. The number of nitrogens with one attached hydrogen (secondary N) is 2. The van der Waals surface area contributed by atoms with Crippen molar-refractivity contribution in [2.24, 2.45) is 5.10 Å². The van der Waals surface area contributed by atoms with Crippen molar-refractivity contribution in [1.82, 2.24) is 14.7 Å². The van der Waals surface area contributed by atoms with Crippen LogP contribution >= 0.6 is 0 Å². The summed E-state index contributed by atoms with van der Waals surface area (Å²) in [4.78, 5) is 27.6. The van der Waals surface area contributed by atoms with Gasteiger partial charge >= 0.3 is 0 Å². The Hall–Kier alpha value is -3.89. The van der Waals surface area contributed by atoms with Crippen LogP contribution in [-0.2, 0) is 26.2 Å². The van der Waals surface area contributed by atoms with Crippen molar-refractivity contribution < 1.29 is 18.0 Å². The Morgan fingerprint density at radius 1 is 1.00 bits per heavy atom. The maximum Gasteiger partial charge on any atom is 0.255 e. The van der Waals surface area contributed by atoms with Gasteiger partial charge < -0.3 is 5.32 Å². The van der Waals surface area contributed by atoms with Gasteiger partial charge in [0.1, 0.15) is 0 Å². The molecule has 2 N–H and O–H groups in total. The van der Waals surface area contributed by atoms with E-state index in [1.807, 2.05) is 6.07 Å². The van der Waals surface area contributed by atoms with Crippen LogP contribution in [0, 0.1) is 0 Å². The van der Waals surface area contributed by atoms with Crippen LogP contribution in [0.1, 0.15) is 18.1 Å². The molecule has 0 spiro atoms. The van der Waals surface area contributed by atoms with Gasteiger partial charge in [-0.3, -0.25) is 14.6 Å². The molecule has 0 aliphatic rings. The van der Waals surface area contributed by atoms with Gasteiger partial charge in [-0.25, -0.2) is 13.8 Å². The molecule has 2 amide bonds. The lowest BCUT2D eigenvalue weighted by Gasteiger charge is -2.21. The fourth-order valence-electron chi connectivity index (χ4n) is 2.90. The number of amides is 2. The van der Waals surface area contributed by atoms with E-state index in [1.165, 1.54) is 37.4 Å². The lowest BCUT2D eigenvalue weighted by Crippen LogP contribution is -2.39. The Morgan fingerprint density at radius 2 is 1.67 bits per heavy atom. The minimum atomic E-state index is -4.02. The molecule has 9 nitrogen and oxygen atoms in total. The largest absolute Gasteiger partial charge is 0.326 e. The van der Waals surface area contributed by atoms with Gasteiger partial charge in [0.2, 0.25) is 15.9 Å². The quantitative estimate of drug-likeness (QED) is 0.371. The maximum atomic E-state index is 13.3. The molecule has 1 aromatic heterocycles. The van der Waals surface area contributed by atoms with E-state index in [-0.39, 0.29) is 17.3 Å². The number of carbonyl (C=O) groups excluding carboxylic acids is 2. The van der Waals surface area contributed by atoms with Crippen molar-refractivity contribution in [3.63, 3.8) is 0 Å². The molecule has 0 saturated carbocycles. The molecule has 33 heavy (non-hydrogen) atoms. The van der Waals surface area contributed by atoms with Crippen LogP contribution in [-0.4, -0.2) is 42.3 Å². The van der Waals surface area contributed by atoms with E-state index in [1.54, 1.807) is 48.8 Å². The van der Waals surface area contributed by atoms with E-state index in [2.05, 4.69) is 20.8 Å². The Bertz CT molecular complexity index is 1210. The first-order chi connectivity index (χ1) is 15.8. The zero-order valence-electron chi connectivity index (χ0n) is 17.9. The zero-order valence-corrected chi connectivity index (χ0v) is 18.7. The maximum absolute atomic E-state index is 13.3. The summed E-state index contributed by atoms with van der Waals surface area (Å²) < 4.78 is 27.7. The number of carbonyl (C=O) groups is 2. The van der Waals surface area contributed by atoms with Crippen LogP contribution in [0.15, 0.2) is 89.1 Å². The number of anilines is 1. The number of pyridine rings is 1. The Kier molecular flexibility index (Phi) is 8.01. The Morgan fingerprint density at radius 3 is 2.30 bits per heavy atom. The van der Waals surface area contributed by atoms with Gasteiger partial charge in [0.25, 0.3) is 5.91 Å². The standard InChI is InChI=1S/C23H23N5O4S/c1-18(29)26-21-7-9-22(10-8-21)33(31,32)28(16-20-5-3-2-4-6-20)17-23(30)27-25-15-19-11-13-24-14-12-19/h2-15H,16-17H2,1H3,(H,26,29)(H,27,30)/b25-15+. The summed E-state index contributed by atoms with van der Waals surface area (Å²) in [7, 11) is -4.02. The number of nitrogens with zero attached hydrogens (tertiary/aromatic N) is 3. The fraction of sp³-hybridized carbons (Fsp3) is 0.130. The first-order valence-corrected chi connectivity index (χ1v) is 11.4. The van der Waals surface area contributed by atoms with Crippen molar-refractivity contribution in [2.75, 3.05) is 11.9 Å². The summed E-state index contributed by atoms with van der Waals surface area (Å²) in [6.45, 7) is 0.929. The molecular formula is C23H23N5O4S. The van der Waals surface area contributed by atoms with Gasteiger partial charge in [0, 0.05) is 31.5 Å². The van der Waals surface area contributed by atoms with Crippen LogP contribution in [0.4, 0.5) is 5.69 Å². The molecule has 0 radical (unpaired) electrons. The predicted molar refractivity (Wildman–Crippen MR) is 125 cm³/mol. The molecule has 3 aromatic rings. The highest BCUT2D eigenvalue weighted by atomic mass is 32.2. The third kappa shape index (κ3) is 7.06. The number of benzene rings is 2. The summed E-state index contributed by atoms with van der Waals surface area (Å²) in [5.74, 6) is -0.852. The number of aromatic nitrogens is 1.